The van der Waals surface area contributed by atoms with Crippen molar-refractivity contribution >= 4 is 59.7 Å². The van der Waals surface area contributed by atoms with Crippen molar-refractivity contribution in [3.63, 3.8) is 0 Å². The van der Waals surface area contributed by atoms with Crippen LogP contribution in [0.25, 0.3) is 0 Å². The number of aliphatic hydroxyl groups excluding tert-OH is 1. The van der Waals surface area contributed by atoms with Crippen LogP contribution in [0.5, 0.6) is 0 Å². The molecule has 26 heteroatoms. The highest BCUT2D eigenvalue weighted by Crippen LogP contribution is 2.40. The van der Waals surface area contributed by atoms with Crippen LogP contribution in [0.15, 0.2) is 0 Å². The summed E-state index contributed by atoms with van der Waals surface area (Å²) in [5, 5.41) is 12.0. The lowest BCUT2D eigenvalue weighted by Crippen LogP contribution is -2.66. The molecule has 3 aliphatic heterocycles. The van der Waals surface area contributed by atoms with Gasteiger partial charge < -0.3 is 76.2 Å². The van der Waals surface area contributed by atoms with Crippen LogP contribution in [-0.4, -0.2) is 177 Å². The zero-order valence-corrected chi connectivity index (χ0v) is 58.9. The average Bonchev–Trinajstić information content (AvgIpc) is 0.781. The number of esters is 10. The Morgan fingerprint density at radius 3 is 0.725 bits per heavy atom. The maximum Gasteiger partial charge on any atom is 0.313 e. The van der Waals surface area contributed by atoms with Gasteiger partial charge in [-0.15, -0.1) is 0 Å². The Kier molecular flexibility index (Phi) is 25.7. The van der Waals surface area contributed by atoms with E-state index in [0.717, 1.165) is 6.92 Å². The summed E-state index contributed by atoms with van der Waals surface area (Å²) in [7, 11) is 0. The highest BCUT2D eigenvalue weighted by atomic mass is 16.8. The molecule has 3 rings (SSSR count). The first kappa shape index (κ1) is 79.7. The molecule has 0 aromatic rings. The lowest BCUT2D eigenvalue weighted by Gasteiger charge is -2.48. The maximum atomic E-state index is 14.4. The molecule has 15 atom stereocenters. The van der Waals surface area contributed by atoms with Crippen LogP contribution in [0.1, 0.15) is 194 Å². The fraction of sp³-hybridized carbons (Fsp3) is 0.846. The predicted molar refractivity (Wildman–Crippen MR) is 321 cm³/mol. The number of hydrogen-bond acceptors (Lipinski definition) is 26. The van der Waals surface area contributed by atoms with Crippen molar-refractivity contribution in [1.82, 2.24) is 0 Å². The van der Waals surface area contributed by atoms with Crippen molar-refractivity contribution in [1.29, 1.82) is 0 Å². The molecule has 3 fully saturated rings. The quantitative estimate of drug-likeness (QED) is 0.110. The third-order valence-electron chi connectivity index (χ3n) is 13.8. The molecule has 3 heterocycles. The molecule has 0 saturated carbocycles. The molecular formula is C65H106O26. The molecule has 0 bridgehead atoms. The minimum Gasteiger partial charge on any atom is -0.463 e. The van der Waals surface area contributed by atoms with Crippen LogP contribution >= 0.6 is 0 Å². The lowest BCUT2D eigenvalue weighted by molar-refractivity contribution is -0.346. The molecule has 3 saturated heterocycles. The second-order valence-electron chi connectivity index (χ2n) is 32.7. The van der Waals surface area contributed by atoms with Gasteiger partial charge in [-0.05, 0) is 187 Å². The largest absolute Gasteiger partial charge is 0.463 e. The predicted octanol–water partition coefficient (Wildman–Crippen LogP) is 7.37. The van der Waals surface area contributed by atoms with E-state index in [1.54, 1.807) is 41.5 Å². The second kappa shape index (κ2) is 29.4. The van der Waals surface area contributed by atoms with Gasteiger partial charge in [-0.3, -0.25) is 47.9 Å². The Labute approximate surface area is 536 Å². The van der Waals surface area contributed by atoms with Crippen molar-refractivity contribution in [2.24, 2.45) is 48.7 Å². The van der Waals surface area contributed by atoms with Gasteiger partial charge in [0.1, 0.15) is 24.9 Å². The molecule has 522 valence electrons. The van der Waals surface area contributed by atoms with E-state index in [1.807, 2.05) is 0 Å². The summed E-state index contributed by atoms with van der Waals surface area (Å²) in [6.45, 7) is 40.2. The average molecular weight is 1300 g/mol. The van der Waals surface area contributed by atoms with E-state index in [1.165, 1.54) is 145 Å². The number of carbonyl (C=O) groups is 10. The van der Waals surface area contributed by atoms with E-state index >= 15 is 0 Å². The molecule has 0 unspecified atom stereocenters. The molecule has 1 N–H and O–H groups in total. The monoisotopic (exact) mass is 1300 g/mol. The van der Waals surface area contributed by atoms with Gasteiger partial charge in [0.15, 0.2) is 67.5 Å². The zero-order chi connectivity index (χ0) is 70.7. The molecular weight excluding hydrogens is 1200 g/mol. The molecule has 26 nitrogen and oxygen atoms in total. The molecule has 3 aliphatic rings. The second-order valence-corrected chi connectivity index (χ2v) is 32.7. The van der Waals surface area contributed by atoms with Crippen LogP contribution in [0.3, 0.4) is 0 Å². The molecule has 91 heavy (non-hydrogen) atoms. The van der Waals surface area contributed by atoms with Crippen LogP contribution in [-0.2, 0) is 119 Å². The highest BCUT2D eigenvalue weighted by Gasteiger charge is 2.60. The maximum absolute atomic E-state index is 14.4. The van der Waals surface area contributed by atoms with Gasteiger partial charge >= 0.3 is 59.7 Å². The number of ether oxygens (including phenoxy) is 15. The van der Waals surface area contributed by atoms with E-state index in [0.29, 0.717) is 0 Å². The van der Waals surface area contributed by atoms with E-state index in [-0.39, 0.29) is 0 Å². The topological polar surface area (TPSA) is 329 Å². The third kappa shape index (κ3) is 22.6. The van der Waals surface area contributed by atoms with Crippen LogP contribution in [0.4, 0.5) is 0 Å². The first-order chi connectivity index (χ1) is 40.8. The summed E-state index contributed by atoms with van der Waals surface area (Å²) in [5.41, 5.74) is -11.3. The van der Waals surface area contributed by atoms with Gasteiger partial charge in [-0.2, -0.15) is 0 Å². The Morgan fingerprint density at radius 1 is 0.275 bits per heavy atom. The summed E-state index contributed by atoms with van der Waals surface area (Å²) in [5.74, 6) is -8.76. The standard InChI is InChI=1S/C65H106O26/c1-32(66)77-29-33-38(84-49(69)58(5,6)7)41(87-52(72)61(14,15)16)43(89-54(74)63(20,21)22)46(81-33)79-31-35-39(85-50(70)59(8,9)10)42(88-53(73)62(17,18)19)44(90-55(75)64(23,24)25)47(82-35)78-30-34-37(83-48(68)57(2,3)4)40(86-51(71)60(11,12)13)36(67)45(80-34)91-56(76)65(26,27)28/h33-47,67H,29-31H2,1-28H3/t33-,34-,35-,36-,37+,38+,39+,40-,41+,42+,43-,44-,45-,46-,47-/m1/s1. The summed E-state index contributed by atoms with van der Waals surface area (Å²) in [6, 6.07) is 0. The van der Waals surface area contributed by atoms with Gasteiger partial charge in [0, 0.05) is 6.92 Å². The normalized spacial score (nSPS) is 28.0. The van der Waals surface area contributed by atoms with Gasteiger partial charge in [0.2, 0.25) is 6.29 Å². The molecule has 0 radical (unpaired) electrons. The third-order valence-corrected chi connectivity index (χ3v) is 13.8. The summed E-state index contributed by atoms with van der Waals surface area (Å²) in [4.78, 5) is 139. The Morgan fingerprint density at radius 2 is 0.473 bits per heavy atom. The number of rotatable bonds is 17. The van der Waals surface area contributed by atoms with E-state index in [9.17, 15) is 53.1 Å². The SMILES string of the molecule is CC(=O)OC[C@H]1O[C@@H](OC[C@H]2O[C@@H](OC[C@H]3O[C@H](OC(=O)C(C)(C)C)[C@H](O)[C@@H](OC(=O)C(C)(C)C)[C@H]3OC(=O)C(C)(C)C)[C@H](OC(=O)C(C)(C)C)[C@@H](OC(=O)C(C)(C)C)[C@H]2OC(=O)C(C)(C)C)[C@H](OC(=O)C(C)(C)C)[C@@H](OC(=O)C(C)(C)C)[C@H]1OC(=O)C(C)(C)C. The van der Waals surface area contributed by atoms with Gasteiger partial charge in [-0.1, -0.05) is 0 Å². The first-order valence-electron chi connectivity index (χ1n) is 30.7. The van der Waals surface area contributed by atoms with Gasteiger partial charge in [0.05, 0.1) is 61.9 Å². The molecule has 0 spiro atoms. The van der Waals surface area contributed by atoms with Crippen LogP contribution in [0.2, 0.25) is 0 Å². The molecule has 0 aromatic carbocycles. The summed E-state index contributed by atoms with van der Waals surface area (Å²) >= 11 is 0. The first-order valence-corrected chi connectivity index (χ1v) is 30.7. The number of carbonyl (C=O) groups excluding carboxylic acids is 10. The smallest absolute Gasteiger partial charge is 0.313 e. The van der Waals surface area contributed by atoms with Crippen molar-refractivity contribution in [2.75, 3.05) is 19.8 Å². The van der Waals surface area contributed by atoms with Crippen molar-refractivity contribution in [3.05, 3.63) is 0 Å². The van der Waals surface area contributed by atoms with Crippen molar-refractivity contribution < 1.29 is 124 Å². The fourth-order valence-electron chi connectivity index (χ4n) is 7.76. The van der Waals surface area contributed by atoms with E-state index < -0.39 is 220 Å². The van der Waals surface area contributed by atoms with E-state index in [2.05, 4.69) is 0 Å². The molecule has 0 amide bonds. The Hall–Kier alpha value is -5.54. The van der Waals surface area contributed by atoms with Crippen LogP contribution in [0, 0.1) is 48.7 Å². The summed E-state index contributed by atoms with van der Waals surface area (Å²) in [6.07, 6.45) is -27.4. The molecule has 0 aromatic heterocycles. The van der Waals surface area contributed by atoms with E-state index in [4.69, 9.17) is 71.1 Å². The molecule has 0 aliphatic carbocycles. The van der Waals surface area contributed by atoms with Crippen molar-refractivity contribution in [3.8, 4) is 0 Å². The number of hydrogen-bond donors (Lipinski definition) is 1. The minimum atomic E-state index is -2.00. The van der Waals surface area contributed by atoms with Crippen molar-refractivity contribution in [2.45, 2.75) is 286 Å². The Balaban J connectivity index is 2.53. The highest BCUT2D eigenvalue weighted by molar-refractivity contribution is 5.80. The zero-order valence-electron chi connectivity index (χ0n) is 58.9. The lowest BCUT2D eigenvalue weighted by atomic mass is 9.92. The van der Waals surface area contributed by atoms with Crippen LogP contribution < -0.4 is 0 Å². The summed E-state index contributed by atoms with van der Waals surface area (Å²) < 4.78 is 93.1. The Bertz CT molecular complexity index is 2600. The minimum absolute atomic E-state index is 0.660. The van der Waals surface area contributed by atoms with Gasteiger partial charge in [0.25, 0.3) is 0 Å². The van der Waals surface area contributed by atoms with Gasteiger partial charge in [-0.25, -0.2) is 0 Å². The number of aliphatic hydroxyl groups is 1. The fourth-order valence-corrected chi connectivity index (χ4v) is 7.76.